The number of benzene rings is 1. The topological polar surface area (TPSA) is 45.0 Å². The Morgan fingerprint density at radius 2 is 2.19 bits per heavy atom. The van der Waals surface area contributed by atoms with Crippen LogP contribution in [0.25, 0.3) is 0 Å². The molecule has 0 aliphatic rings. The number of anilines is 1. The Bertz CT molecular complexity index is 376. The van der Waals surface area contributed by atoms with Crippen LogP contribution in [0.1, 0.15) is 6.92 Å². The van der Waals surface area contributed by atoms with E-state index in [1.807, 2.05) is 6.92 Å². The Balaban J connectivity index is 2.71. The maximum absolute atomic E-state index is 13.3. The van der Waals surface area contributed by atoms with Crippen LogP contribution in [-0.4, -0.2) is 19.8 Å². The highest BCUT2D eigenvalue weighted by Crippen LogP contribution is 2.16. The van der Waals surface area contributed by atoms with Crippen LogP contribution in [0.15, 0.2) is 24.3 Å². The lowest BCUT2D eigenvalue weighted by Crippen LogP contribution is -2.28. The number of hydrogen-bond acceptors (Lipinski definition) is 3. The van der Waals surface area contributed by atoms with Crippen molar-refractivity contribution >= 4 is 5.69 Å². The van der Waals surface area contributed by atoms with E-state index >= 15 is 0 Å². The molecule has 2 unspecified atom stereocenters. The summed E-state index contributed by atoms with van der Waals surface area (Å²) < 4.78 is 18.3. The van der Waals surface area contributed by atoms with Gasteiger partial charge in [0.2, 0.25) is 0 Å². The van der Waals surface area contributed by atoms with Crippen molar-refractivity contribution < 1.29 is 9.13 Å². The first-order valence-electron chi connectivity index (χ1n) is 5.08. The van der Waals surface area contributed by atoms with Gasteiger partial charge >= 0.3 is 0 Å². The normalized spacial score (nSPS) is 13.9. The molecular weight excluding hydrogens is 207 g/mol. The van der Waals surface area contributed by atoms with Crippen molar-refractivity contribution in [2.45, 2.75) is 13.0 Å². The van der Waals surface area contributed by atoms with Crippen molar-refractivity contribution in [2.24, 2.45) is 5.92 Å². The smallest absolute Gasteiger partial charge is 0.146 e. The van der Waals surface area contributed by atoms with Crippen LogP contribution in [0, 0.1) is 23.1 Å². The van der Waals surface area contributed by atoms with Crippen molar-refractivity contribution in [1.82, 2.24) is 0 Å². The molecule has 1 aromatic carbocycles. The summed E-state index contributed by atoms with van der Waals surface area (Å²) >= 11 is 0. The maximum Gasteiger partial charge on any atom is 0.146 e. The summed E-state index contributed by atoms with van der Waals surface area (Å²) in [6.45, 7) is 2.34. The van der Waals surface area contributed by atoms with Gasteiger partial charge < -0.3 is 10.1 Å². The third kappa shape index (κ3) is 3.21. The number of nitriles is 1. The summed E-state index contributed by atoms with van der Waals surface area (Å²) in [5, 5.41) is 11.9. The molecule has 0 fully saturated rings. The van der Waals surface area contributed by atoms with E-state index in [0.717, 1.165) is 0 Å². The fraction of sp³-hybridized carbons (Fsp3) is 0.417. The summed E-state index contributed by atoms with van der Waals surface area (Å²) in [7, 11) is 1.58. The molecule has 0 aliphatic carbocycles. The minimum absolute atomic E-state index is 0.00499. The van der Waals surface area contributed by atoms with Gasteiger partial charge in [-0.3, -0.25) is 0 Å². The highest BCUT2D eigenvalue weighted by molar-refractivity contribution is 5.46. The number of halogens is 1. The monoisotopic (exact) mass is 222 g/mol. The van der Waals surface area contributed by atoms with Crippen LogP contribution in [-0.2, 0) is 4.74 Å². The van der Waals surface area contributed by atoms with Crippen LogP contribution in [0.3, 0.4) is 0 Å². The number of nitrogens with zero attached hydrogens (tertiary/aromatic N) is 1. The van der Waals surface area contributed by atoms with Gasteiger partial charge in [-0.2, -0.15) is 5.26 Å². The number of rotatable bonds is 5. The van der Waals surface area contributed by atoms with E-state index < -0.39 is 6.04 Å². The molecule has 1 rings (SSSR count). The molecule has 0 radical (unpaired) electrons. The molecule has 0 heterocycles. The standard InChI is InChI=1S/C12H15FN2O/c1-9(8-16-2)12(7-14)15-11-6-4-3-5-10(11)13/h3-6,9,12,15H,8H2,1-2H3. The van der Waals surface area contributed by atoms with E-state index in [-0.39, 0.29) is 11.7 Å². The van der Waals surface area contributed by atoms with Gasteiger partial charge in [-0.1, -0.05) is 19.1 Å². The molecular formula is C12H15FN2O. The van der Waals surface area contributed by atoms with E-state index in [9.17, 15) is 4.39 Å². The Labute approximate surface area is 94.8 Å². The minimum atomic E-state index is -0.461. The second-order valence-corrected chi connectivity index (χ2v) is 3.66. The van der Waals surface area contributed by atoms with E-state index in [1.165, 1.54) is 6.07 Å². The number of para-hydroxylation sites is 1. The van der Waals surface area contributed by atoms with E-state index in [4.69, 9.17) is 10.00 Å². The third-order valence-corrected chi connectivity index (χ3v) is 2.32. The molecule has 0 aromatic heterocycles. The zero-order chi connectivity index (χ0) is 12.0. The predicted molar refractivity (Wildman–Crippen MR) is 60.5 cm³/mol. The average Bonchev–Trinajstić information content (AvgIpc) is 2.28. The highest BCUT2D eigenvalue weighted by atomic mass is 19.1. The third-order valence-electron chi connectivity index (χ3n) is 2.32. The lowest BCUT2D eigenvalue weighted by atomic mass is 10.0. The molecule has 0 aliphatic heterocycles. The predicted octanol–water partition coefficient (Wildman–Crippen LogP) is 2.41. The van der Waals surface area contributed by atoms with Gasteiger partial charge in [0.25, 0.3) is 0 Å². The molecule has 0 saturated heterocycles. The summed E-state index contributed by atoms with van der Waals surface area (Å²) in [5.74, 6) is -0.359. The van der Waals surface area contributed by atoms with Crippen molar-refractivity contribution in [3.63, 3.8) is 0 Å². The lowest BCUT2D eigenvalue weighted by Gasteiger charge is -2.19. The van der Waals surface area contributed by atoms with E-state index in [2.05, 4.69) is 11.4 Å². The fourth-order valence-electron chi connectivity index (χ4n) is 1.41. The first-order valence-corrected chi connectivity index (χ1v) is 5.08. The largest absolute Gasteiger partial charge is 0.384 e. The Kier molecular flexibility index (Phi) is 4.74. The van der Waals surface area contributed by atoms with Crippen molar-refractivity contribution in [3.05, 3.63) is 30.1 Å². The molecule has 16 heavy (non-hydrogen) atoms. The Morgan fingerprint density at radius 3 is 2.75 bits per heavy atom. The zero-order valence-corrected chi connectivity index (χ0v) is 9.40. The minimum Gasteiger partial charge on any atom is -0.384 e. The van der Waals surface area contributed by atoms with Crippen LogP contribution in [0.2, 0.25) is 0 Å². The summed E-state index contributed by atoms with van der Waals surface area (Å²) in [4.78, 5) is 0. The molecule has 1 N–H and O–H groups in total. The molecule has 4 heteroatoms. The zero-order valence-electron chi connectivity index (χ0n) is 9.40. The molecule has 0 saturated carbocycles. The first-order chi connectivity index (χ1) is 7.69. The van der Waals surface area contributed by atoms with Gasteiger partial charge in [0.05, 0.1) is 18.4 Å². The molecule has 86 valence electrons. The van der Waals surface area contributed by atoms with Gasteiger partial charge in [-0.25, -0.2) is 4.39 Å². The Hall–Kier alpha value is -1.60. The molecule has 0 bridgehead atoms. The average molecular weight is 222 g/mol. The number of methoxy groups -OCH3 is 1. The maximum atomic E-state index is 13.3. The quantitative estimate of drug-likeness (QED) is 0.832. The number of nitrogens with one attached hydrogen (secondary N) is 1. The summed E-state index contributed by atoms with van der Waals surface area (Å²) in [6.07, 6.45) is 0. The molecule has 3 nitrogen and oxygen atoms in total. The van der Waals surface area contributed by atoms with Gasteiger partial charge in [0, 0.05) is 13.0 Å². The number of hydrogen-bond donors (Lipinski definition) is 1. The van der Waals surface area contributed by atoms with Crippen molar-refractivity contribution in [1.29, 1.82) is 5.26 Å². The second kappa shape index (κ2) is 6.09. The van der Waals surface area contributed by atoms with Crippen LogP contribution < -0.4 is 5.32 Å². The summed E-state index contributed by atoms with van der Waals surface area (Å²) in [5.41, 5.74) is 0.344. The molecule has 0 spiro atoms. The van der Waals surface area contributed by atoms with Crippen molar-refractivity contribution in [2.75, 3.05) is 19.0 Å². The van der Waals surface area contributed by atoms with Crippen LogP contribution >= 0.6 is 0 Å². The van der Waals surface area contributed by atoms with Crippen LogP contribution in [0.5, 0.6) is 0 Å². The molecule has 1 aromatic rings. The highest BCUT2D eigenvalue weighted by Gasteiger charge is 2.17. The molecule has 0 amide bonds. The summed E-state index contributed by atoms with van der Waals surface area (Å²) in [6, 6.07) is 7.95. The van der Waals surface area contributed by atoms with Gasteiger partial charge in [-0.05, 0) is 12.1 Å². The Morgan fingerprint density at radius 1 is 1.50 bits per heavy atom. The van der Waals surface area contributed by atoms with Crippen LogP contribution in [0.4, 0.5) is 10.1 Å². The molecule has 2 atom stereocenters. The van der Waals surface area contributed by atoms with Gasteiger partial charge in [-0.15, -0.1) is 0 Å². The van der Waals surface area contributed by atoms with Crippen molar-refractivity contribution in [3.8, 4) is 6.07 Å². The van der Waals surface area contributed by atoms with E-state index in [1.54, 1.807) is 25.3 Å². The van der Waals surface area contributed by atoms with E-state index in [0.29, 0.717) is 12.3 Å². The second-order valence-electron chi connectivity index (χ2n) is 3.66. The first kappa shape index (κ1) is 12.5. The lowest BCUT2D eigenvalue weighted by molar-refractivity contribution is 0.157. The van der Waals surface area contributed by atoms with Gasteiger partial charge in [0.15, 0.2) is 0 Å². The van der Waals surface area contributed by atoms with Gasteiger partial charge in [0.1, 0.15) is 11.9 Å². The SMILES string of the molecule is COCC(C)C(C#N)Nc1ccccc1F. The number of ether oxygens (including phenoxy) is 1. The fourth-order valence-corrected chi connectivity index (χ4v) is 1.41.